The maximum atomic E-state index is 14.0. The van der Waals surface area contributed by atoms with Crippen molar-refractivity contribution in [3.63, 3.8) is 0 Å². The number of benzene rings is 2. The highest BCUT2D eigenvalue weighted by molar-refractivity contribution is 6.31. The number of phenolic OH excluding ortho intramolecular Hbond substituents is 2. The quantitative estimate of drug-likeness (QED) is 0.199. The number of ether oxygens (including phenoxy) is 2. The summed E-state index contributed by atoms with van der Waals surface area (Å²) in [4.78, 5) is 39.6. The van der Waals surface area contributed by atoms with Gasteiger partial charge in [-0.15, -0.1) is 0 Å². The molecule has 3 aromatic rings. The number of fused-ring (bicyclic) bond motifs is 3. The van der Waals surface area contributed by atoms with E-state index < -0.39 is 28.5 Å². The summed E-state index contributed by atoms with van der Waals surface area (Å²) in [6, 6.07) is 11.4. The van der Waals surface area contributed by atoms with Crippen molar-refractivity contribution in [3.8, 4) is 23.0 Å². The van der Waals surface area contributed by atoms with E-state index in [0.29, 0.717) is 18.7 Å². The van der Waals surface area contributed by atoms with Crippen molar-refractivity contribution in [2.75, 3.05) is 13.7 Å². The summed E-state index contributed by atoms with van der Waals surface area (Å²) in [5.41, 5.74) is -0.377. The van der Waals surface area contributed by atoms with Gasteiger partial charge in [0.15, 0.2) is 17.3 Å². The van der Waals surface area contributed by atoms with Gasteiger partial charge >= 0.3 is 0 Å². The van der Waals surface area contributed by atoms with E-state index >= 15 is 0 Å². The molecule has 9 nitrogen and oxygen atoms in total. The Kier molecular flexibility index (Phi) is 6.98. The molecule has 1 aliphatic carbocycles. The van der Waals surface area contributed by atoms with Gasteiger partial charge in [0.2, 0.25) is 0 Å². The Labute approximate surface area is 237 Å². The van der Waals surface area contributed by atoms with Gasteiger partial charge in [0, 0.05) is 35.4 Å². The number of methoxy groups -OCH3 is 1. The molecule has 1 aromatic heterocycles. The van der Waals surface area contributed by atoms with Crippen molar-refractivity contribution in [2.45, 2.75) is 45.4 Å². The summed E-state index contributed by atoms with van der Waals surface area (Å²) in [6.07, 6.45) is 3.38. The van der Waals surface area contributed by atoms with Gasteiger partial charge in [-0.05, 0) is 52.3 Å². The highest BCUT2D eigenvalue weighted by Crippen LogP contribution is 2.57. The summed E-state index contributed by atoms with van der Waals surface area (Å²) >= 11 is 0. The lowest BCUT2D eigenvalue weighted by atomic mass is 9.70. The van der Waals surface area contributed by atoms with Gasteiger partial charge in [0.25, 0.3) is 0 Å². The molecule has 0 saturated carbocycles. The number of ketones is 3. The third-order valence-electron chi connectivity index (χ3n) is 7.98. The zero-order valence-corrected chi connectivity index (χ0v) is 23.5. The molecule has 0 bridgehead atoms. The van der Waals surface area contributed by atoms with Gasteiger partial charge in [-0.2, -0.15) is 0 Å². The molecule has 41 heavy (non-hydrogen) atoms. The van der Waals surface area contributed by atoms with E-state index in [9.17, 15) is 24.6 Å². The number of carbonyl (C=O) groups is 3. The number of phenols is 2. The summed E-state index contributed by atoms with van der Waals surface area (Å²) in [5.74, 6) is -1.22. The third kappa shape index (κ3) is 4.28. The van der Waals surface area contributed by atoms with E-state index in [2.05, 4.69) is 5.32 Å². The van der Waals surface area contributed by atoms with Crippen molar-refractivity contribution in [1.82, 2.24) is 5.32 Å². The van der Waals surface area contributed by atoms with Crippen LogP contribution in [0.3, 0.4) is 0 Å². The topological polar surface area (TPSA) is 135 Å². The lowest BCUT2D eigenvalue weighted by Crippen LogP contribution is -2.41. The zero-order valence-electron chi connectivity index (χ0n) is 23.5. The molecule has 0 saturated heterocycles. The predicted octanol–water partition coefficient (Wildman–Crippen LogP) is 4.98. The minimum Gasteiger partial charge on any atom is -0.507 e. The second-order valence-electron chi connectivity index (χ2n) is 10.4. The van der Waals surface area contributed by atoms with Crippen molar-refractivity contribution in [3.05, 3.63) is 93.8 Å². The van der Waals surface area contributed by atoms with Gasteiger partial charge in [0.1, 0.15) is 45.5 Å². The standard InChI is InChI=1S/C32H31NO8/c1-16-28(36)26(18(3)34)30-27(29(16)37)32(4)24(41-30)15-21(35)25(31(32)38)17(2)33-13-12-20(23-11-8-14-40-23)19-9-6-7-10-22(19)39-5/h6-11,14-15,20,33,36-37H,12-13H2,1-5H3/b25-17+/t20-,32+/m1/s1. The number of allylic oxidation sites excluding steroid dienone is 4. The fourth-order valence-electron chi connectivity index (χ4n) is 5.75. The van der Waals surface area contributed by atoms with Crippen molar-refractivity contribution < 1.29 is 38.5 Å². The molecule has 0 radical (unpaired) electrons. The van der Waals surface area contributed by atoms with E-state index in [4.69, 9.17) is 13.9 Å². The summed E-state index contributed by atoms with van der Waals surface area (Å²) in [7, 11) is 1.61. The Morgan fingerprint density at radius 3 is 2.49 bits per heavy atom. The number of rotatable bonds is 8. The van der Waals surface area contributed by atoms with Crippen LogP contribution in [0.15, 0.2) is 70.2 Å². The molecule has 0 unspecified atom stereocenters. The molecule has 2 aromatic carbocycles. The Balaban J connectivity index is 1.48. The van der Waals surface area contributed by atoms with Gasteiger partial charge in [0.05, 0.1) is 24.5 Å². The van der Waals surface area contributed by atoms with Gasteiger partial charge < -0.3 is 29.4 Å². The first-order valence-corrected chi connectivity index (χ1v) is 13.2. The fraction of sp³-hybridized carbons (Fsp3) is 0.281. The predicted molar refractivity (Wildman–Crippen MR) is 149 cm³/mol. The first-order valence-electron chi connectivity index (χ1n) is 13.2. The molecule has 2 aliphatic rings. The monoisotopic (exact) mass is 557 g/mol. The molecule has 0 amide bonds. The number of nitrogens with one attached hydrogen (secondary N) is 1. The van der Waals surface area contributed by atoms with Gasteiger partial charge in [-0.3, -0.25) is 14.4 Å². The molecule has 1 aliphatic heterocycles. The second kappa shape index (κ2) is 10.3. The third-order valence-corrected chi connectivity index (χ3v) is 7.98. The molecule has 0 spiro atoms. The lowest BCUT2D eigenvalue weighted by molar-refractivity contribution is -0.123. The number of para-hydroxylation sites is 1. The molecule has 0 fully saturated rings. The minimum atomic E-state index is -1.57. The first-order chi connectivity index (χ1) is 19.5. The molecule has 2 atom stereocenters. The number of carbonyl (C=O) groups excluding carboxylic acids is 3. The van der Waals surface area contributed by atoms with Crippen LogP contribution in [0.1, 0.15) is 65.9 Å². The number of hydrogen-bond acceptors (Lipinski definition) is 9. The van der Waals surface area contributed by atoms with Crippen LogP contribution >= 0.6 is 0 Å². The summed E-state index contributed by atoms with van der Waals surface area (Å²) in [6.45, 7) is 6.29. The van der Waals surface area contributed by atoms with E-state index in [1.165, 1.54) is 19.9 Å². The Hall–Kier alpha value is -4.79. The van der Waals surface area contributed by atoms with Crippen LogP contribution in [0.5, 0.6) is 23.0 Å². The van der Waals surface area contributed by atoms with Gasteiger partial charge in [-0.25, -0.2) is 0 Å². The average Bonchev–Trinajstić information content (AvgIpc) is 3.57. The van der Waals surface area contributed by atoms with Gasteiger partial charge in [-0.1, -0.05) is 18.2 Å². The van der Waals surface area contributed by atoms with Crippen LogP contribution in [0.2, 0.25) is 0 Å². The molecular formula is C32H31NO8. The van der Waals surface area contributed by atoms with Crippen LogP contribution < -0.4 is 14.8 Å². The number of furan rings is 1. The smallest absolute Gasteiger partial charge is 0.194 e. The number of hydrogen-bond donors (Lipinski definition) is 3. The van der Waals surface area contributed by atoms with Crippen LogP contribution in [0.25, 0.3) is 0 Å². The minimum absolute atomic E-state index is 0.00379. The van der Waals surface area contributed by atoms with E-state index in [-0.39, 0.29) is 45.4 Å². The van der Waals surface area contributed by atoms with Crippen LogP contribution in [0.4, 0.5) is 0 Å². The van der Waals surface area contributed by atoms with Crippen LogP contribution in [-0.2, 0) is 15.0 Å². The Morgan fingerprint density at radius 2 is 1.83 bits per heavy atom. The summed E-state index contributed by atoms with van der Waals surface area (Å²) < 4.78 is 17.1. The van der Waals surface area contributed by atoms with E-state index in [1.54, 1.807) is 27.2 Å². The first kappa shape index (κ1) is 27.8. The normalized spacial score (nSPS) is 19.6. The van der Waals surface area contributed by atoms with Crippen LogP contribution in [0, 0.1) is 6.92 Å². The SMILES string of the molecule is COc1ccccc1[C@@H](CCN/C(C)=C1\C(=O)C=C2Oc3c(C(C)=O)c(O)c(C)c(O)c3[C@@]2(C)C1=O)c1ccco1. The van der Waals surface area contributed by atoms with Crippen LogP contribution in [-0.4, -0.2) is 41.2 Å². The molecule has 2 heterocycles. The average molecular weight is 558 g/mol. The fourth-order valence-corrected chi connectivity index (χ4v) is 5.75. The number of Topliss-reactive ketones (excluding diaryl/α,β-unsaturated/α-hetero) is 2. The maximum Gasteiger partial charge on any atom is 0.194 e. The molecular weight excluding hydrogens is 526 g/mol. The largest absolute Gasteiger partial charge is 0.507 e. The molecule has 3 N–H and O–H groups in total. The highest BCUT2D eigenvalue weighted by Gasteiger charge is 2.56. The molecule has 5 rings (SSSR count). The van der Waals surface area contributed by atoms with Crippen molar-refractivity contribution in [2.24, 2.45) is 0 Å². The second-order valence-corrected chi connectivity index (χ2v) is 10.4. The van der Waals surface area contributed by atoms with E-state index in [1.807, 2.05) is 36.4 Å². The lowest BCUT2D eigenvalue weighted by Gasteiger charge is -2.29. The Bertz CT molecular complexity index is 1650. The van der Waals surface area contributed by atoms with Crippen molar-refractivity contribution >= 4 is 17.3 Å². The maximum absolute atomic E-state index is 14.0. The molecule has 9 heteroatoms. The number of aromatic hydroxyl groups is 2. The zero-order chi connectivity index (χ0) is 29.6. The molecule has 212 valence electrons. The van der Waals surface area contributed by atoms with Crippen molar-refractivity contribution in [1.29, 1.82) is 0 Å². The summed E-state index contributed by atoms with van der Waals surface area (Å²) in [5, 5.41) is 24.8. The highest BCUT2D eigenvalue weighted by atomic mass is 16.5. The van der Waals surface area contributed by atoms with E-state index in [0.717, 1.165) is 17.1 Å². The Morgan fingerprint density at radius 1 is 1.10 bits per heavy atom.